The first-order valence-corrected chi connectivity index (χ1v) is 11.8. The Morgan fingerprint density at radius 2 is 2.00 bits per heavy atom. The zero-order chi connectivity index (χ0) is 20.1. The van der Waals surface area contributed by atoms with Crippen LogP contribution in [0.25, 0.3) is 0 Å². The Hall–Kier alpha value is -1.69. The van der Waals surface area contributed by atoms with Crippen molar-refractivity contribution in [2.24, 2.45) is 5.92 Å². The second-order valence-corrected chi connectivity index (χ2v) is 9.28. The standard InChI is InChI=1S/C24H32N2O2S/c1-19-5-2-3-6-21(19)16-25-11-8-20(9-12-25)15-26(17-23-7-4-13-28-23)24(27)22-10-14-29-18-22/h2-3,5-6,10,14,18,20,23H,4,7-9,11-13,15-17H2,1H3/t23-/m1/s1. The first-order chi connectivity index (χ1) is 14.2. The van der Waals surface area contributed by atoms with Gasteiger partial charge in [0.2, 0.25) is 0 Å². The Morgan fingerprint density at radius 3 is 2.69 bits per heavy atom. The minimum atomic E-state index is 0.170. The van der Waals surface area contributed by atoms with E-state index in [1.165, 1.54) is 11.1 Å². The minimum Gasteiger partial charge on any atom is -0.376 e. The van der Waals surface area contributed by atoms with Gasteiger partial charge in [0.05, 0.1) is 11.7 Å². The van der Waals surface area contributed by atoms with Crippen molar-refractivity contribution in [2.75, 3.05) is 32.8 Å². The average molecular weight is 413 g/mol. The predicted octanol–water partition coefficient (Wildman–Crippen LogP) is 4.59. The van der Waals surface area contributed by atoms with E-state index in [0.29, 0.717) is 5.92 Å². The molecule has 1 atom stereocenters. The van der Waals surface area contributed by atoms with Crippen LogP contribution in [0.1, 0.15) is 47.2 Å². The number of ether oxygens (including phenoxy) is 1. The van der Waals surface area contributed by atoms with Crippen molar-refractivity contribution in [2.45, 2.75) is 45.3 Å². The molecule has 156 valence electrons. The van der Waals surface area contributed by atoms with Gasteiger partial charge < -0.3 is 9.64 Å². The third-order valence-corrected chi connectivity index (χ3v) is 7.03. The fraction of sp³-hybridized carbons (Fsp3) is 0.542. The molecular weight excluding hydrogens is 380 g/mol. The summed E-state index contributed by atoms with van der Waals surface area (Å²) in [6.07, 6.45) is 4.71. The molecule has 1 amide bonds. The number of amides is 1. The molecule has 0 bridgehead atoms. The summed E-state index contributed by atoms with van der Waals surface area (Å²) in [5, 5.41) is 3.96. The second-order valence-electron chi connectivity index (χ2n) is 8.50. The summed E-state index contributed by atoms with van der Waals surface area (Å²) in [6, 6.07) is 10.6. The normalized spacial score (nSPS) is 20.8. The van der Waals surface area contributed by atoms with Crippen LogP contribution in [-0.4, -0.2) is 54.6 Å². The molecule has 4 rings (SSSR count). The monoisotopic (exact) mass is 412 g/mol. The van der Waals surface area contributed by atoms with E-state index >= 15 is 0 Å². The van der Waals surface area contributed by atoms with Gasteiger partial charge in [-0.25, -0.2) is 0 Å². The summed E-state index contributed by atoms with van der Waals surface area (Å²) in [5.41, 5.74) is 3.63. The second kappa shape index (κ2) is 9.88. The van der Waals surface area contributed by atoms with E-state index < -0.39 is 0 Å². The van der Waals surface area contributed by atoms with E-state index in [1.807, 2.05) is 16.8 Å². The highest BCUT2D eigenvalue weighted by molar-refractivity contribution is 7.08. The van der Waals surface area contributed by atoms with Crippen LogP contribution in [0.2, 0.25) is 0 Å². The lowest BCUT2D eigenvalue weighted by Gasteiger charge is -2.35. The molecule has 0 radical (unpaired) electrons. The van der Waals surface area contributed by atoms with Crippen LogP contribution >= 0.6 is 11.3 Å². The number of nitrogens with zero attached hydrogens (tertiary/aromatic N) is 2. The average Bonchev–Trinajstić information content (AvgIpc) is 3.44. The Morgan fingerprint density at radius 1 is 1.17 bits per heavy atom. The molecular formula is C24H32N2O2S. The zero-order valence-corrected chi connectivity index (χ0v) is 18.2. The van der Waals surface area contributed by atoms with Crippen molar-refractivity contribution in [3.63, 3.8) is 0 Å². The van der Waals surface area contributed by atoms with E-state index in [1.54, 1.807) is 11.3 Å². The maximum Gasteiger partial charge on any atom is 0.254 e. The SMILES string of the molecule is Cc1ccccc1CN1CCC(CN(C[C@H]2CCCO2)C(=O)c2ccsc2)CC1. The maximum atomic E-state index is 13.1. The van der Waals surface area contributed by atoms with Crippen LogP contribution < -0.4 is 0 Å². The van der Waals surface area contributed by atoms with Gasteiger partial charge in [0, 0.05) is 31.6 Å². The molecule has 0 spiro atoms. The molecule has 0 N–H and O–H groups in total. The number of benzene rings is 1. The summed E-state index contributed by atoms with van der Waals surface area (Å²) >= 11 is 1.59. The molecule has 1 aromatic heterocycles. The van der Waals surface area contributed by atoms with Gasteiger partial charge in [0.25, 0.3) is 5.91 Å². The van der Waals surface area contributed by atoms with E-state index in [9.17, 15) is 4.79 Å². The Labute approximate surface area is 178 Å². The molecule has 2 aliphatic heterocycles. The van der Waals surface area contributed by atoms with Gasteiger partial charge in [-0.2, -0.15) is 11.3 Å². The molecule has 3 heterocycles. The smallest absolute Gasteiger partial charge is 0.254 e. The van der Waals surface area contributed by atoms with E-state index in [4.69, 9.17) is 4.74 Å². The third kappa shape index (κ3) is 5.47. The van der Waals surface area contributed by atoms with Crippen molar-refractivity contribution in [3.05, 3.63) is 57.8 Å². The van der Waals surface area contributed by atoms with Gasteiger partial charge in [-0.1, -0.05) is 24.3 Å². The largest absolute Gasteiger partial charge is 0.376 e. The molecule has 29 heavy (non-hydrogen) atoms. The van der Waals surface area contributed by atoms with Crippen molar-refractivity contribution in [1.82, 2.24) is 9.80 Å². The van der Waals surface area contributed by atoms with Crippen LogP contribution in [0.4, 0.5) is 0 Å². The molecule has 0 unspecified atom stereocenters. The molecule has 1 aromatic carbocycles. The highest BCUT2D eigenvalue weighted by Crippen LogP contribution is 2.23. The predicted molar refractivity (Wildman–Crippen MR) is 118 cm³/mol. The van der Waals surface area contributed by atoms with Crippen molar-refractivity contribution < 1.29 is 9.53 Å². The summed E-state index contributed by atoms with van der Waals surface area (Å²) in [4.78, 5) is 17.7. The first kappa shape index (κ1) is 20.6. The van der Waals surface area contributed by atoms with Crippen LogP contribution in [0.5, 0.6) is 0 Å². The number of hydrogen-bond acceptors (Lipinski definition) is 4. The number of thiophene rings is 1. The minimum absolute atomic E-state index is 0.170. The highest BCUT2D eigenvalue weighted by atomic mass is 32.1. The molecule has 0 saturated carbocycles. The van der Waals surface area contributed by atoms with Crippen LogP contribution in [0.15, 0.2) is 41.1 Å². The molecule has 4 nitrogen and oxygen atoms in total. The van der Waals surface area contributed by atoms with E-state index in [-0.39, 0.29) is 12.0 Å². The lowest BCUT2D eigenvalue weighted by Crippen LogP contribution is -2.43. The number of carbonyl (C=O) groups is 1. The highest BCUT2D eigenvalue weighted by Gasteiger charge is 2.28. The van der Waals surface area contributed by atoms with Gasteiger partial charge in [0.1, 0.15) is 0 Å². The number of piperidine rings is 1. The number of hydrogen-bond donors (Lipinski definition) is 0. The third-order valence-electron chi connectivity index (χ3n) is 6.34. The summed E-state index contributed by atoms with van der Waals surface area (Å²) < 4.78 is 5.84. The fourth-order valence-corrected chi connectivity index (χ4v) is 5.14. The van der Waals surface area contributed by atoms with Crippen LogP contribution in [0, 0.1) is 12.8 Å². The summed E-state index contributed by atoms with van der Waals surface area (Å²) in [7, 11) is 0. The maximum absolute atomic E-state index is 13.1. The summed E-state index contributed by atoms with van der Waals surface area (Å²) in [6.45, 7) is 7.88. The Bertz CT molecular complexity index is 778. The van der Waals surface area contributed by atoms with Crippen LogP contribution in [-0.2, 0) is 11.3 Å². The first-order valence-electron chi connectivity index (χ1n) is 10.9. The van der Waals surface area contributed by atoms with E-state index in [2.05, 4.69) is 41.0 Å². The number of carbonyl (C=O) groups excluding carboxylic acids is 1. The van der Waals surface area contributed by atoms with Gasteiger partial charge in [-0.3, -0.25) is 9.69 Å². The Kier molecular flexibility index (Phi) is 7.01. The van der Waals surface area contributed by atoms with Gasteiger partial charge >= 0.3 is 0 Å². The van der Waals surface area contributed by atoms with Gasteiger partial charge in [-0.15, -0.1) is 0 Å². The molecule has 2 aliphatic rings. The lowest BCUT2D eigenvalue weighted by molar-refractivity contribution is 0.0445. The lowest BCUT2D eigenvalue weighted by atomic mass is 9.95. The summed E-state index contributed by atoms with van der Waals surface area (Å²) in [5.74, 6) is 0.746. The van der Waals surface area contributed by atoms with Crippen molar-refractivity contribution >= 4 is 17.2 Å². The van der Waals surface area contributed by atoms with Crippen LogP contribution in [0.3, 0.4) is 0 Å². The quantitative estimate of drug-likeness (QED) is 0.667. The zero-order valence-electron chi connectivity index (χ0n) is 17.4. The molecule has 2 saturated heterocycles. The number of aryl methyl sites for hydroxylation is 1. The van der Waals surface area contributed by atoms with E-state index in [0.717, 1.165) is 70.6 Å². The van der Waals surface area contributed by atoms with Gasteiger partial charge in [0.15, 0.2) is 0 Å². The Balaban J connectivity index is 1.33. The van der Waals surface area contributed by atoms with Crippen molar-refractivity contribution in [1.29, 1.82) is 0 Å². The molecule has 5 heteroatoms. The molecule has 2 fully saturated rings. The molecule has 0 aliphatic carbocycles. The number of rotatable bonds is 7. The molecule has 2 aromatic rings. The van der Waals surface area contributed by atoms with Gasteiger partial charge in [-0.05, 0) is 74.2 Å². The van der Waals surface area contributed by atoms with Crippen molar-refractivity contribution in [3.8, 4) is 0 Å². The fourth-order valence-electron chi connectivity index (χ4n) is 4.51. The topological polar surface area (TPSA) is 32.8 Å². The number of likely N-dealkylation sites (tertiary alicyclic amines) is 1.